The number of ether oxygens (including phenoxy) is 1. The molecule has 2 aromatic carbocycles. The summed E-state index contributed by atoms with van der Waals surface area (Å²) >= 11 is 0. The first-order valence-electron chi connectivity index (χ1n) is 5.11. The third kappa shape index (κ3) is 1.84. The number of hydrogen-bond acceptors (Lipinski definition) is 3. The van der Waals surface area contributed by atoms with Gasteiger partial charge in [0.25, 0.3) is 0 Å². The molecule has 0 saturated carbocycles. The molecule has 1 N–H and O–H groups in total. The summed E-state index contributed by atoms with van der Waals surface area (Å²) in [6.45, 7) is 2.08. The number of phenols is 1. The lowest BCUT2D eigenvalue weighted by molar-refractivity contribution is 0.0528. The van der Waals surface area contributed by atoms with Crippen molar-refractivity contribution in [2.75, 3.05) is 6.61 Å². The predicted octanol–water partition coefficient (Wildman–Crippen LogP) is 2.72. The molecule has 82 valence electrons. The van der Waals surface area contributed by atoms with Crippen LogP contribution in [-0.4, -0.2) is 17.7 Å². The molecule has 0 unspecified atom stereocenters. The van der Waals surface area contributed by atoms with Gasteiger partial charge in [0.05, 0.1) is 12.2 Å². The molecule has 0 heterocycles. The second kappa shape index (κ2) is 4.23. The lowest BCUT2D eigenvalue weighted by Crippen LogP contribution is -2.05. The van der Waals surface area contributed by atoms with E-state index in [0.717, 1.165) is 10.8 Å². The highest BCUT2D eigenvalue weighted by Crippen LogP contribution is 2.25. The van der Waals surface area contributed by atoms with Crippen molar-refractivity contribution in [2.24, 2.45) is 0 Å². The molecular weight excluding hydrogens is 204 g/mol. The van der Waals surface area contributed by atoms with Crippen molar-refractivity contribution in [3.05, 3.63) is 42.0 Å². The third-order valence-electron chi connectivity index (χ3n) is 2.34. The zero-order valence-electron chi connectivity index (χ0n) is 8.93. The van der Waals surface area contributed by atoms with Crippen LogP contribution in [0.25, 0.3) is 10.8 Å². The Balaban J connectivity index is 2.63. The molecule has 0 saturated heterocycles. The first-order chi connectivity index (χ1) is 7.72. The number of carbonyl (C=O) groups is 1. The van der Waals surface area contributed by atoms with Crippen LogP contribution >= 0.6 is 0 Å². The van der Waals surface area contributed by atoms with Crippen LogP contribution in [0.15, 0.2) is 36.4 Å². The van der Waals surface area contributed by atoms with E-state index in [0.29, 0.717) is 12.2 Å². The summed E-state index contributed by atoms with van der Waals surface area (Å²) < 4.78 is 4.94. The maximum Gasteiger partial charge on any atom is 0.338 e. The van der Waals surface area contributed by atoms with Gasteiger partial charge in [-0.3, -0.25) is 0 Å². The normalized spacial score (nSPS) is 10.3. The molecule has 0 atom stereocenters. The largest absolute Gasteiger partial charge is 0.508 e. The second-order valence-corrected chi connectivity index (χ2v) is 3.43. The van der Waals surface area contributed by atoms with E-state index in [1.807, 2.05) is 24.3 Å². The number of rotatable bonds is 2. The van der Waals surface area contributed by atoms with E-state index in [1.54, 1.807) is 13.0 Å². The number of phenolic OH excluding ortho intramolecular Hbond substituents is 1. The van der Waals surface area contributed by atoms with Crippen LogP contribution in [0.5, 0.6) is 5.75 Å². The van der Waals surface area contributed by atoms with Crippen LogP contribution < -0.4 is 0 Å². The summed E-state index contributed by atoms with van der Waals surface area (Å²) in [5, 5.41) is 11.1. The standard InChI is InChI=1S/C13H12O3/c1-2-16-13(15)12-8-10(14)7-9-5-3-4-6-11(9)12/h3-8,14H,2H2,1H3. The quantitative estimate of drug-likeness (QED) is 0.785. The maximum absolute atomic E-state index is 11.7. The highest BCUT2D eigenvalue weighted by Gasteiger charge is 2.12. The molecule has 0 spiro atoms. The molecule has 0 fully saturated rings. The molecule has 2 rings (SSSR count). The highest BCUT2D eigenvalue weighted by atomic mass is 16.5. The van der Waals surface area contributed by atoms with Crippen LogP contribution in [0.2, 0.25) is 0 Å². The summed E-state index contributed by atoms with van der Waals surface area (Å²) in [7, 11) is 0. The minimum atomic E-state index is -0.408. The summed E-state index contributed by atoms with van der Waals surface area (Å²) in [5.74, 6) is -0.337. The van der Waals surface area contributed by atoms with Crippen LogP contribution in [0.4, 0.5) is 0 Å². The van der Waals surface area contributed by atoms with E-state index < -0.39 is 5.97 Å². The maximum atomic E-state index is 11.7. The van der Waals surface area contributed by atoms with E-state index in [1.165, 1.54) is 6.07 Å². The Hall–Kier alpha value is -2.03. The van der Waals surface area contributed by atoms with Crippen molar-refractivity contribution in [2.45, 2.75) is 6.92 Å². The Labute approximate surface area is 93.3 Å². The lowest BCUT2D eigenvalue weighted by atomic mass is 10.0. The van der Waals surface area contributed by atoms with E-state index >= 15 is 0 Å². The number of carbonyl (C=O) groups excluding carboxylic acids is 1. The van der Waals surface area contributed by atoms with Crippen molar-refractivity contribution in [1.29, 1.82) is 0 Å². The minimum absolute atomic E-state index is 0.0711. The van der Waals surface area contributed by atoms with Crippen molar-refractivity contribution >= 4 is 16.7 Å². The Morgan fingerprint density at radius 1 is 1.31 bits per heavy atom. The monoisotopic (exact) mass is 216 g/mol. The van der Waals surface area contributed by atoms with Gasteiger partial charge in [0.2, 0.25) is 0 Å². The zero-order chi connectivity index (χ0) is 11.5. The Kier molecular flexibility index (Phi) is 2.77. The van der Waals surface area contributed by atoms with Gasteiger partial charge in [-0.15, -0.1) is 0 Å². The van der Waals surface area contributed by atoms with Crippen LogP contribution in [0, 0.1) is 0 Å². The van der Waals surface area contributed by atoms with Crippen LogP contribution in [-0.2, 0) is 4.74 Å². The molecule has 0 aromatic heterocycles. The molecule has 0 aliphatic carbocycles. The van der Waals surface area contributed by atoms with Gasteiger partial charge in [-0.05, 0) is 29.8 Å². The Bertz CT molecular complexity index is 532. The fourth-order valence-electron chi connectivity index (χ4n) is 1.67. The van der Waals surface area contributed by atoms with Gasteiger partial charge in [-0.2, -0.15) is 0 Å². The van der Waals surface area contributed by atoms with Crippen molar-refractivity contribution < 1.29 is 14.6 Å². The third-order valence-corrected chi connectivity index (χ3v) is 2.34. The number of fused-ring (bicyclic) bond motifs is 1. The van der Waals surface area contributed by atoms with Gasteiger partial charge >= 0.3 is 5.97 Å². The smallest absolute Gasteiger partial charge is 0.338 e. The Morgan fingerprint density at radius 2 is 2.06 bits per heavy atom. The first-order valence-corrected chi connectivity index (χ1v) is 5.11. The molecule has 3 heteroatoms. The Morgan fingerprint density at radius 3 is 2.81 bits per heavy atom. The highest BCUT2D eigenvalue weighted by molar-refractivity contribution is 6.05. The molecule has 0 radical (unpaired) electrons. The van der Waals surface area contributed by atoms with Gasteiger partial charge in [-0.1, -0.05) is 24.3 Å². The second-order valence-electron chi connectivity index (χ2n) is 3.43. The molecule has 0 aliphatic heterocycles. The molecule has 0 aliphatic rings. The molecule has 3 nitrogen and oxygen atoms in total. The van der Waals surface area contributed by atoms with Crippen molar-refractivity contribution in [3.8, 4) is 5.75 Å². The number of aromatic hydroxyl groups is 1. The summed E-state index contributed by atoms with van der Waals surface area (Å²) in [6, 6.07) is 10.4. The molecule has 2 aromatic rings. The molecule has 16 heavy (non-hydrogen) atoms. The van der Waals surface area contributed by atoms with Gasteiger partial charge in [-0.25, -0.2) is 4.79 Å². The molecule has 0 amide bonds. The first kappa shape index (κ1) is 10.5. The van der Waals surface area contributed by atoms with E-state index in [4.69, 9.17) is 4.74 Å². The number of hydrogen-bond donors (Lipinski definition) is 1. The van der Waals surface area contributed by atoms with Crippen molar-refractivity contribution in [1.82, 2.24) is 0 Å². The van der Waals surface area contributed by atoms with Gasteiger partial charge in [0.15, 0.2) is 0 Å². The number of esters is 1. The fraction of sp³-hybridized carbons (Fsp3) is 0.154. The minimum Gasteiger partial charge on any atom is -0.508 e. The van der Waals surface area contributed by atoms with Crippen LogP contribution in [0.3, 0.4) is 0 Å². The summed E-state index contributed by atoms with van der Waals surface area (Å²) in [4.78, 5) is 11.7. The average molecular weight is 216 g/mol. The average Bonchev–Trinajstić information content (AvgIpc) is 2.28. The summed E-state index contributed by atoms with van der Waals surface area (Å²) in [5.41, 5.74) is 0.400. The fourth-order valence-corrected chi connectivity index (χ4v) is 1.67. The topological polar surface area (TPSA) is 46.5 Å². The zero-order valence-corrected chi connectivity index (χ0v) is 8.93. The van der Waals surface area contributed by atoms with Gasteiger partial charge < -0.3 is 9.84 Å². The SMILES string of the molecule is CCOC(=O)c1cc(O)cc2ccccc12. The number of benzene rings is 2. The summed E-state index contributed by atoms with van der Waals surface area (Å²) in [6.07, 6.45) is 0. The van der Waals surface area contributed by atoms with Gasteiger partial charge in [0.1, 0.15) is 5.75 Å². The lowest BCUT2D eigenvalue weighted by Gasteiger charge is -2.06. The molecular formula is C13H12O3. The van der Waals surface area contributed by atoms with E-state index in [9.17, 15) is 9.90 Å². The van der Waals surface area contributed by atoms with E-state index in [-0.39, 0.29) is 5.75 Å². The molecule has 0 bridgehead atoms. The van der Waals surface area contributed by atoms with Crippen LogP contribution in [0.1, 0.15) is 17.3 Å². The van der Waals surface area contributed by atoms with E-state index in [2.05, 4.69) is 0 Å². The van der Waals surface area contributed by atoms with Gasteiger partial charge in [0, 0.05) is 0 Å². The van der Waals surface area contributed by atoms with Crippen molar-refractivity contribution in [3.63, 3.8) is 0 Å². The predicted molar refractivity (Wildman–Crippen MR) is 61.6 cm³/mol.